The van der Waals surface area contributed by atoms with Crippen molar-refractivity contribution in [3.05, 3.63) is 190 Å². The maximum Gasteiger partial charge on any atom is 0.157 e. The molecule has 0 bridgehead atoms. The molecule has 16 heteroatoms. The molecular weight excluding hydrogens is 977 g/mol. The Labute approximate surface area is 437 Å². The van der Waals surface area contributed by atoms with Crippen molar-refractivity contribution < 1.29 is 81.7 Å². The molecule has 76 heavy (non-hydrogen) atoms. The van der Waals surface area contributed by atoms with Gasteiger partial charge in [-0.05, 0) is 217 Å². The summed E-state index contributed by atoms with van der Waals surface area (Å²) < 4.78 is 0. The molecule has 0 aliphatic rings. The second-order valence-electron chi connectivity index (χ2n) is 19.1. The van der Waals surface area contributed by atoms with Crippen LogP contribution in [0, 0.1) is 11.8 Å². The Bertz CT molecular complexity index is 3080. The van der Waals surface area contributed by atoms with Crippen molar-refractivity contribution in [1.82, 2.24) is 0 Å². The third-order valence-electron chi connectivity index (χ3n) is 13.7. The zero-order chi connectivity index (χ0) is 54.8. The zero-order valence-electron chi connectivity index (χ0n) is 41.0. The Morgan fingerprint density at radius 1 is 0.211 bits per heavy atom. The summed E-state index contributed by atoms with van der Waals surface area (Å²) in [4.78, 5) is 0. The molecule has 0 saturated heterocycles. The molecule has 396 valence electrons. The molecule has 16 nitrogen and oxygen atoms in total. The van der Waals surface area contributed by atoms with Crippen molar-refractivity contribution in [2.75, 3.05) is 0 Å². The molecule has 0 spiro atoms. The van der Waals surface area contributed by atoms with Crippen molar-refractivity contribution >= 4 is 0 Å². The monoisotopic (exact) mass is 1040 g/mol. The van der Waals surface area contributed by atoms with Crippen LogP contribution in [-0.4, -0.2) is 81.7 Å². The molecule has 4 atom stereocenters. The van der Waals surface area contributed by atoms with Crippen molar-refractivity contribution in [3.63, 3.8) is 0 Å². The van der Waals surface area contributed by atoms with Crippen LogP contribution in [0.1, 0.15) is 69.2 Å². The van der Waals surface area contributed by atoms with E-state index in [1.165, 1.54) is 97.1 Å². The number of phenols is 16. The van der Waals surface area contributed by atoms with E-state index >= 15 is 0 Å². The number of phenolic OH excluding ortho intramolecular Hbond substituents is 16. The molecule has 0 fully saturated rings. The predicted octanol–water partition coefficient (Wildman–Crippen LogP) is 10.3. The molecule has 0 aliphatic carbocycles. The van der Waals surface area contributed by atoms with E-state index < -0.39 is 0 Å². The van der Waals surface area contributed by atoms with Crippen LogP contribution in [0.2, 0.25) is 0 Å². The van der Waals surface area contributed by atoms with Gasteiger partial charge in [0.2, 0.25) is 0 Å². The summed E-state index contributed by atoms with van der Waals surface area (Å²) in [7, 11) is 0. The predicted molar refractivity (Wildman–Crippen MR) is 282 cm³/mol. The van der Waals surface area contributed by atoms with Crippen molar-refractivity contribution in [1.29, 1.82) is 0 Å². The van der Waals surface area contributed by atoms with Gasteiger partial charge in [-0.2, -0.15) is 0 Å². The number of rotatable bonds is 18. The molecule has 16 N–H and O–H groups in total. The molecule has 0 radical (unpaired) electrons. The van der Waals surface area contributed by atoms with Gasteiger partial charge in [-0.1, -0.05) is 48.5 Å². The van der Waals surface area contributed by atoms with E-state index in [1.54, 1.807) is 48.5 Å². The lowest BCUT2D eigenvalue weighted by Crippen LogP contribution is -2.19. The molecule has 0 amide bonds. The van der Waals surface area contributed by atoms with Crippen LogP contribution in [0.3, 0.4) is 0 Å². The highest BCUT2D eigenvalue weighted by molar-refractivity contribution is 5.48. The van der Waals surface area contributed by atoms with E-state index in [2.05, 4.69) is 0 Å². The molecule has 0 aromatic heterocycles. The van der Waals surface area contributed by atoms with Gasteiger partial charge in [-0.3, -0.25) is 0 Å². The van der Waals surface area contributed by atoms with E-state index in [4.69, 9.17) is 0 Å². The summed E-state index contributed by atoms with van der Waals surface area (Å²) >= 11 is 0. The lowest BCUT2D eigenvalue weighted by Gasteiger charge is -2.29. The van der Waals surface area contributed by atoms with Gasteiger partial charge in [-0.15, -0.1) is 0 Å². The molecule has 0 heterocycles. The van der Waals surface area contributed by atoms with E-state index in [0.717, 1.165) is 44.5 Å². The third-order valence-corrected chi connectivity index (χ3v) is 13.7. The highest BCUT2D eigenvalue weighted by Crippen LogP contribution is 2.43. The first-order valence-electron chi connectivity index (χ1n) is 24.3. The van der Waals surface area contributed by atoms with Gasteiger partial charge < -0.3 is 81.7 Å². The zero-order valence-corrected chi connectivity index (χ0v) is 41.0. The lowest BCUT2D eigenvalue weighted by atomic mass is 9.75. The highest BCUT2D eigenvalue weighted by atomic mass is 16.3. The van der Waals surface area contributed by atoms with Crippen molar-refractivity contribution in [3.8, 4) is 92.0 Å². The number of aryl methyl sites for hydroxylation is 2. The van der Waals surface area contributed by atoms with E-state index in [9.17, 15) is 81.7 Å². The number of benzene rings is 8. The van der Waals surface area contributed by atoms with Gasteiger partial charge in [0.15, 0.2) is 92.0 Å². The molecule has 0 aliphatic heterocycles. The maximum atomic E-state index is 10.3. The van der Waals surface area contributed by atoms with Crippen LogP contribution >= 0.6 is 0 Å². The largest absolute Gasteiger partial charge is 0.504 e. The fourth-order valence-corrected chi connectivity index (χ4v) is 9.60. The minimum absolute atomic E-state index is 0.130. The topological polar surface area (TPSA) is 324 Å². The van der Waals surface area contributed by atoms with E-state index in [-0.39, 0.29) is 116 Å². The van der Waals surface area contributed by atoms with Crippen LogP contribution in [0.15, 0.2) is 146 Å². The highest BCUT2D eigenvalue weighted by Gasteiger charge is 2.28. The van der Waals surface area contributed by atoms with Gasteiger partial charge >= 0.3 is 0 Å². The molecule has 8 aromatic carbocycles. The normalized spacial score (nSPS) is 12.7. The van der Waals surface area contributed by atoms with Crippen molar-refractivity contribution in [2.45, 2.75) is 63.2 Å². The van der Waals surface area contributed by atoms with Crippen LogP contribution < -0.4 is 0 Å². The lowest BCUT2D eigenvalue weighted by molar-refractivity contribution is 0.375. The van der Waals surface area contributed by atoms with Crippen LogP contribution in [0.4, 0.5) is 0 Å². The minimum Gasteiger partial charge on any atom is -0.504 e. The van der Waals surface area contributed by atoms with Crippen LogP contribution in [0.5, 0.6) is 92.0 Å². The van der Waals surface area contributed by atoms with Crippen LogP contribution in [-0.2, 0) is 38.5 Å². The Balaban J connectivity index is 0.000000221. The first kappa shape index (κ1) is 54.3. The Morgan fingerprint density at radius 3 is 0.671 bits per heavy atom. The van der Waals surface area contributed by atoms with Crippen LogP contribution in [0.25, 0.3) is 0 Å². The van der Waals surface area contributed by atoms with Gasteiger partial charge in [0.25, 0.3) is 0 Å². The SMILES string of the molecule is Oc1ccc(CC[C@@H](Cc2ccc(O)c(O)c2)[C@H](Cc2ccc(O)c(O)c2)c2ccc(O)c(O)c2)cc1O.Oc1ccc(CC[C@H](Cc2ccc(O)c(O)c2)[C@@H](Cc2ccc(O)c(O)c2)c2ccc(O)c(O)c2)cc1O. The second-order valence-corrected chi connectivity index (χ2v) is 19.1. The Kier molecular flexibility index (Phi) is 17.2. The minimum atomic E-state index is -0.273. The summed E-state index contributed by atoms with van der Waals surface area (Å²) in [6.45, 7) is 0. The number of aromatic hydroxyl groups is 16. The first-order valence-corrected chi connectivity index (χ1v) is 24.3. The fraction of sp³-hybridized carbons (Fsp3) is 0.200. The second kappa shape index (κ2) is 24.1. The molecule has 0 saturated carbocycles. The summed E-state index contributed by atoms with van der Waals surface area (Å²) in [6.07, 6.45) is 3.99. The fourth-order valence-electron chi connectivity index (χ4n) is 9.60. The first-order chi connectivity index (χ1) is 36.2. The summed E-state index contributed by atoms with van der Waals surface area (Å²) in [6, 6.07) is 36.9. The molecule has 8 rings (SSSR count). The maximum absolute atomic E-state index is 10.3. The summed E-state index contributed by atoms with van der Waals surface area (Å²) in [5, 5.41) is 159. The number of hydrogen-bond donors (Lipinski definition) is 16. The quantitative estimate of drug-likeness (QED) is 0.0355. The van der Waals surface area contributed by atoms with E-state index in [0.29, 0.717) is 51.4 Å². The van der Waals surface area contributed by atoms with Gasteiger partial charge in [-0.25, -0.2) is 0 Å². The standard InChI is InChI=1S/2C30H30O8/c2*31-23-7-2-17(13-27(23)35)1-5-20(11-18-3-8-24(32)28(36)14-18)22(21-6-10-26(34)30(38)16-21)12-19-4-9-25(33)29(37)15-19/h2*2-4,6-10,13-16,20,22,31-38H,1,5,11-12H2/t2*20-,22-/m10/s1. The third kappa shape index (κ3) is 14.0. The molecule has 0 unspecified atom stereocenters. The smallest absolute Gasteiger partial charge is 0.157 e. The van der Waals surface area contributed by atoms with E-state index in [1.807, 2.05) is 0 Å². The Hall–Kier alpha value is -9.44. The molecule has 8 aromatic rings. The number of hydrogen-bond acceptors (Lipinski definition) is 16. The summed E-state index contributed by atoms with van der Waals surface area (Å²) in [5.74, 6) is -4.64. The van der Waals surface area contributed by atoms with Gasteiger partial charge in [0, 0.05) is 0 Å². The van der Waals surface area contributed by atoms with Gasteiger partial charge in [0.1, 0.15) is 0 Å². The Morgan fingerprint density at radius 2 is 0.421 bits per heavy atom. The summed E-state index contributed by atoms with van der Waals surface area (Å²) in [5.41, 5.74) is 6.06. The van der Waals surface area contributed by atoms with Crippen molar-refractivity contribution in [2.24, 2.45) is 11.8 Å². The van der Waals surface area contributed by atoms with Gasteiger partial charge in [0.05, 0.1) is 0 Å². The average molecular weight is 1040 g/mol. The average Bonchev–Trinajstić information content (AvgIpc) is 3.39. The molecular formula is C60H60O16.